The van der Waals surface area contributed by atoms with E-state index in [1.807, 2.05) is 0 Å². The molecule has 1 aromatic heterocycles. The minimum Gasteiger partial charge on any atom is -0.478 e. The zero-order chi connectivity index (χ0) is 22.3. The molecule has 160 valence electrons. The number of nitrogens with zero attached hydrogens (tertiary/aromatic N) is 2. The van der Waals surface area contributed by atoms with Crippen molar-refractivity contribution in [2.45, 2.75) is 31.7 Å². The molecular weight excluding hydrogens is 474 g/mol. The van der Waals surface area contributed by atoms with Gasteiger partial charge in [-0.05, 0) is 48.0 Å². The van der Waals surface area contributed by atoms with Gasteiger partial charge in [-0.15, -0.1) is 0 Å². The molecule has 4 N–H and O–H groups in total. The third kappa shape index (κ3) is 4.48. The van der Waals surface area contributed by atoms with Crippen LogP contribution in [0.25, 0.3) is 0 Å². The second kappa shape index (κ2) is 7.74. The summed E-state index contributed by atoms with van der Waals surface area (Å²) in [6, 6.07) is 2.59. The fourth-order valence-corrected chi connectivity index (χ4v) is 3.10. The van der Waals surface area contributed by atoms with Gasteiger partial charge in [0.25, 0.3) is 5.91 Å². The van der Waals surface area contributed by atoms with Gasteiger partial charge < -0.3 is 21.1 Å². The first-order valence-corrected chi connectivity index (χ1v) is 9.28. The maximum Gasteiger partial charge on any atom is 0.452 e. The van der Waals surface area contributed by atoms with Gasteiger partial charge in [0, 0.05) is 23.6 Å². The molecule has 3 rings (SSSR count). The lowest BCUT2D eigenvalue weighted by Crippen LogP contribution is -2.50. The first-order valence-electron chi connectivity index (χ1n) is 8.49. The van der Waals surface area contributed by atoms with Crippen molar-refractivity contribution in [3.8, 4) is 0 Å². The van der Waals surface area contributed by atoms with Crippen LogP contribution >= 0.6 is 15.9 Å². The van der Waals surface area contributed by atoms with Crippen LogP contribution in [0.5, 0.6) is 0 Å². The number of nitrogens with one attached hydrogen (secondary N) is 2. The van der Waals surface area contributed by atoms with Gasteiger partial charge in [0.2, 0.25) is 11.6 Å². The minimum atomic E-state index is -4.81. The number of amides is 1. The Morgan fingerprint density at radius 1 is 1.30 bits per heavy atom. The molecule has 2 aromatic rings. The van der Waals surface area contributed by atoms with Gasteiger partial charge in [0.05, 0.1) is 10.5 Å². The number of aromatic nitrogens is 2. The third-order valence-electron chi connectivity index (χ3n) is 4.25. The summed E-state index contributed by atoms with van der Waals surface area (Å²) in [5.74, 6) is -3.62. The maximum absolute atomic E-state index is 14.5. The lowest BCUT2D eigenvalue weighted by atomic mass is 9.89. The second-order valence-electron chi connectivity index (χ2n) is 6.94. The quantitative estimate of drug-likeness (QED) is 0.567. The summed E-state index contributed by atoms with van der Waals surface area (Å²) in [7, 11) is 0. The van der Waals surface area contributed by atoms with E-state index in [0.29, 0.717) is 4.47 Å². The number of carbonyl (C=O) groups is 1. The summed E-state index contributed by atoms with van der Waals surface area (Å²) in [6.07, 6.45) is -2.04. The molecule has 1 atom stereocenters. The Balaban J connectivity index is 1.91. The van der Waals surface area contributed by atoms with Crippen molar-refractivity contribution >= 4 is 27.5 Å². The molecule has 0 fully saturated rings. The van der Waals surface area contributed by atoms with Crippen molar-refractivity contribution in [1.29, 1.82) is 0 Å². The summed E-state index contributed by atoms with van der Waals surface area (Å²) >= 11 is 3.15. The van der Waals surface area contributed by atoms with Gasteiger partial charge in [-0.25, -0.2) is 14.4 Å². The molecule has 7 nitrogen and oxygen atoms in total. The highest BCUT2D eigenvalue weighted by Crippen LogP contribution is 2.41. The second-order valence-corrected chi connectivity index (χ2v) is 7.85. The first-order chi connectivity index (χ1) is 13.9. The van der Waals surface area contributed by atoms with E-state index in [1.165, 1.54) is 38.4 Å². The van der Waals surface area contributed by atoms with E-state index in [-0.39, 0.29) is 17.1 Å². The number of benzene rings is 1. The van der Waals surface area contributed by atoms with Crippen LogP contribution in [-0.4, -0.2) is 27.7 Å². The van der Waals surface area contributed by atoms with Crippen LogP contribution in [-0.2, 0) is 4.74 Å². The first kappa shape index (κ1) is 21.8. The Kier molecular flexibility index (Phi) is 5.63. The Bertz CT molecular complexity index is 1010. The van der Waals surface area contributed by atoms with Gasteiger partial charge >= 0.3 is 6.18 Å². The molecule has 1 unspecified atom stereocenters. The largest absolute Gasteiger partial charge is 0.478 e. The molecule has 0 spiro atoms. The topological polar surface area (TPSA) is 102 Å². The molecule has 0 aliphatic carbocycles. The van der Waals surface area contributed by atoms with Gasteiger partial charge in [0.15, 0.2) is 0 Å². The molecule has 0 saturated heterocycles. The highest BCUT2D eigenvalue weighted by molar-refractivity contribution is 9.10. The Morgan fingerprint density at radius 3 is 2.53 bits per heavy atom. The zero-order valence-corrected chi connectivity index (χ0v) is 17.2. The number of hydrogen-bond donors (Lipinski definition) is 3. The van der Waals surface area contributed by atoms with Crippen LogP contribution in [0.15, 0.2) is 46.6 Å². The summed E-state index contributed by atoms with van der Waals surface area (Å²) < 4.78 is 59.5. The fourth-order valence-electron chi connectivity index (χ4n) is 2.89. The number of ether oxygens (including phenoxy) is 1. The minimum absolute atomic E-state index is 0.0429. The molecular formula is C18H16BrF4N5O2. The van der Waals surface area contributed by atoms with E-state index in [9.17, 15) is 22.4 Å². The molecule has 1 aliphatic rings. The standard InChI is InChI=1S/C18H16BrF4N5O2/c1-17(2)12(28-14(24)13(30-17)18(21,22)23)10-5-9(3-4-11(10)20)27-16(29)15-25-6-8(19)7-26-15/h3-7,12,28H,24H2,1-2H3,(H,27,29). The summed E-state index contributed by atoms with van der Waals surface area (Å²) in [6.45, 7) is 2.73. The van der Waals surface area contributed by atoms with Crippen LogP contribution in [0, 0.1) is 5.82 Å². The number of hydrogen-bond acceptors (Lipinski definition) is 6. The summed E-state index contributed by atoms with van der Waals surface area (Å²) in [5, 5.41) is 4.99. The number of allylic oxidation sites excluding steroid dienone is 1. The van der Waals surface area contributed by atoms with Gasteiger partial charge in [-0.1, -0.05) is 0 Å². The van der Waals surface area contributed by atoms with E-state index in [0.717, 1.165) is 6.07 Å². The Labute approximate surface area is 176 Å². The van der Waals surface area contributed by atoms with Crippen molar-refractivity contribution in [1.82, 2.24) is 15.3 Å². The van der Waals surface area contributed by atoms with Gasteiger partial charge in [-0.3, -0.25) is 4.79 Å². The number of alkyl halides is 3. The van der Waals surface area contributed by atoms with Crippen LogP contribution in [0.4, 0.5) is 23.2 Å². The normalized spacial score (nSPS) is 18.4. The number of rotatable bonds is 3. The molecule has 0 radical (unpaired) electrons. The van der Waals surface area contributed by atoms with Crippen molar-refractivity contribution in [2.24, 2.45) is 5.73 Å². The molecule has 1 aliphatic heterocycles. The fraction of sp³-hybridized carbons (Fsp3) is 0.278. The molecule has 0 bridgehead atoms. The average molecular weight is 490 g/mol. The molecule has 1 amide bonds. The lowest BCUT2D eigenvalue weighted by molar-refractivity contribution is -0.166. The number of nitrogens with two attached hydrogens (primary N) is 1. The lowest BCUT2D eigenvalue weighted by Gasteiger charge is -2.41. The van der Waals surface area contributed by atoms with Gasteiger partial charge in [0.1, 0.15) is 17.2 Å². The monoisotopic (exact) mass is 489 g/mol. The molecule has 0 saturated carbocycles. The van der Waals surface area contributed by atoms with Crippen molar-refractivity contribution < 1.29 is 27.1 Å². The predicted molar refractivity (Wildman–Crippen MR) is 102 cm³/mol. The van der Waals surface area contributed by atoms with Crippen LogP contribution in [0.2, 0.25) is 0 Å². The van der Waals surface area contributed by atoms with E-state index < -0.39 is 41.1 Å². The van der Waals surface area contributed by atoms with Crippen LogP contribution in [0.1, 0.15) is 36.1 Å². The van der Waals surface area contributed by atoms with Crippen molar-refractivity contribution in [3.63, 3.8) is 0 Å². The number of anilines is 1. The van der Waals surface area contributed by atoms with Crippen LogP contribution in [0.3, 0.4) is 0 Å². The maximum atomic E-state index is 14.5. The van der Waals surface area contributed by atoms with Crippen molar-refractivity contribution in [2.75, 3.05) is 5.32 Å². The zero-order valence-electron chi connectivity index (χ0n) is 15.6. The summed E-state index contributed by atoms with van der Waals surface area (Å²) in [5.41, 5.74) is 4.12. The van der Waals surface area contributed by atoms with E-state index in [4.69, 9.17) is 10.5 Å². The van der Waals surface area contributed by atoms with E-state index >= 15 is 0 Å². The van der Waals surface area contributed by atoms with E-state index in [1.54, 1.807) is 0 Å². The Morgan fingerprint density at radius 2 is 1.93 bits per heavy atom. The Hall–Kier alpha value is -2.89. The van der Waals surface area contributed by atoms with Crippen LogP contribution < -0.4 is 16.4 Å². The number of carbonyl (C=O) groups excluding carboxylic acids is 1. The predicted octanol–water partition coefficient (Wildman–Crippen LogP) is 3.76. The molecule has 2 heterocycles. The SMILES string of the molecule is CC1(C)OC(C(F)(F)F)=C(N)NC1c1cc(NC(=O)c2ncc(Br)cn2)ccc1F. The molecule has 1 aromatic carbocycles. The van der Waals surface area contributed by atoms with Gasteiger partial charge in [-0.2, -0.15) is 13.2 Å². The highest BCUT2D eigenvalue weighted by Gasteiger charge is 2.48. The average Bonchev–Trinajstić information content (AvgIpc) is 2.64. The highest BCUT2D eigenvalue weighted by atomic mass is 79.9. The molecule has 30 heavy (non-hydrogen) atoms. The third-order valence-corrected chi connectivity index (χ3v) is 4.66. The number of halogens is 5. The van der Waals surface area contributed by atoms with E-state index in [2.05, 4.69) is 36.5 Å². The summed E-state index contributed by atoms with van der Waals surface area (Å²) in [4.78, 5) is 20.0. The smallest absolute Gasteiger partial charge is 0.452 e. The molecule has 12 heteroatoms. The van der Waals surface area contributed by atoms with Crippen molar-refractivity contribution in [3.05, 3.63) is 63.9 Å².